The summed E-state index contributed by atoms with van der Waals surface area (Å²) in [5.74, 6) is 0.311. The Morgan fingerprint density at radius 2 is 1.85 bits per heavy atom. The van der Waals surface area contributed by atoms with E-state index in [1.165, 1.54) is 23.4 Å². The van der Waals surface area contributed by atoms with Gasteiger partial charge in [-0.1, -0.05) is 41.0 Å². The highest BCUT2D eigenvalue weighted by molar-refractivity contribution is 7.99. The molecule has 0 aliphatic heterocycles. The summed E-state index contributed by atoms with van der Waals surface area (Å²) < 4.78 is 1.88. The molecule has 0 bridgehead atoms. The molecule has 0 aliphatic carbocycles. The van der Waals surface area contributed by atoms with Crippen LogP contribution in [0.4, 0.5) is 5.69 Å². The second kappa shape index (κ2) is 11.0. The van der Waals surface area contributed by atoms with E-state index < -0.39 is 6.04 Å². The van der Waals surface area contributed by atoms with E-state index in [1.54, 1.807) is 12.1 Å². The number of rotatable bonds is 8. The van der Waals surface area contributed by atoms with Crippen LogP contribution in [0.5, 0.6) is 0 Å². The van der Waals surface area contributed by atoms with Crippen LogP contribution in [0.25, 0.3) is 0 Å². The first-order valence-corrected chi connectivity index (χ1v) is 12.1. The lowest BCUT2D eigenvalue weighted by molar-refractivity contribution is -0.113. The molecule has 2 aromatic carbocycles. The van der Waals surface area contributed by atoms with Crippen molar-refractivity contribution in [3.63, 3.8) is 0 Å². The topological polar surface area (TPSA) is 88.9 Å². The zero-order valence-electron chi connectivity index (χ0n) is 18.8. The Morgan fingerprint density at radius 3 is 2.52 bits per heavy atom. The molecule has 3 aromatic rings. The minimum atomic E-state index is -0.421. The molecule has 10 heteroatoms. The second-order valence-corrected chi connectivity index (χ2v) is 9.33. The fourth-order valence-electron chi connectivity index (χ4n) is 3.18. The fraction of sp³-hybridized carbons (Fsp3) is 0.304. The van der Waals surface area contributed by atoms with Gasteiger partial charge in [0.25, 0.3) is 5.91 Å². The van der Waals surface area contributed by atoms with Crippen molar-refractivity contribution in [2.45, 2.75) is 45.4 Å². The van der Waals surface area contributed by atoms with Gasteiger partial charge in [0.2, 0.25) is 5.91 Å². The zero-order valence-corrected chi connectivity index (χ0v) is 21.1. The molecule has 0 fully saturated rings. The number of amides is 2. The maximum Gasteiger partial charge on any atom is 0.253 e. The molecule has 7 nitrogen and oxygen atoms in total. The first-order valence-electron chi connectivity index (χ1n) is 10.4. The third-order valence-corrected chi connectivity index (χ3v) is 6.61. The average Bonchev–Trinajstić information content (AvgIpc) is 3.18. The first kappa shape index (κ1) is 25.1. The number of carbonyl (C=O) groups excluding carboxylic acids is 2. The third kappa shape index (κ3) is 6.28. The molecular formula is C23H25Cl2N5O2S. The predicted molar refractivity (Wildman–Crippen MR) is 133 cm³/mol. The van der Waals surface area contributed by atoms with Gasteiger partial charge in [-0.05, 0) is 69.2 Å². The molecule has 1 aromatic heterocycles. The molecule has 1 atom stereocenters. The van der Waals surface area contributed by atoms with Crippen LogP contribution in [-0.4, -0.2) is 32.3 Å². The minimum absolute atomic E-state index is 0.130. The molecule has 0 unspecified atom stereocenters. The van der Waals surface area contributed by atoms with E-state index in [0.29, 0.717) is 28.1 Å². The summed E-state index contributed by atoms with van der Waals surface area (Å²) in [5, 5.41) is 15.6. The van der Waals surface area contributed by atoms with Crippen molar-refractivity contribution in [1.29, 1.82) is 0 Å². The van der Waals surface area contributed by atoms with Gasteiger partial charge < -0.3 is 15.2 Å². The van der Waals surface area contributed by atoms with Crippen LogP contribution in [0.1, 0.15) is 47.2 Å². The molecule has 0 aliphatic rings. The van der Waals surface area contributed by atoms with Crippen LogP contribution in [-0.2, 0) is 11.3 Å². The highest BCUT2D eigenvalue weighted by Gasteiger charge is 2.21. The van der Waals surface area contributed by atoms with Crippen LogP contribution in [0.3, 0.4) is 0 Å². The number of hydrogen-bond donors (Lipinski definition) is 2. The molecule has 2 amide bonds. The molecule has 0 saturated heterocycles. The van der Waals surface area contributed by atoms with Crippen LogP contribution in [0, 0.1) is 13.8 Å². The maximum atomic E-state index is 12.6. The van der Waals surface area contributed by atoms with Gasteiger partial charge in [-0.25, -0.2) is 0 Å². The molecule has 2 N–H and O–H groups in total. The number of halogens is 2. The lowest BCUT2D eigenvalue weighted by Crippen LogP contribution is -2.29. The van der Waals surface area contributed by atoms with Crippen molar-refractivity contribution >= 4 is 52.5 Å². The molecule has 0 radical (unpaired) electrons. The monoisotopic (exact) mass is 505 g/mol. The second-order valence-electron chi connectivity index (χ2n) is 7.54. The average molecular weight is 506 g/mol. The summed E-state index contributed by atoms with van der Waals surface area (Å²) in [4.78, 5) is 25.1. The minimum Gasteiger partial charge on any atom is -0.342 e. The van der Waals surface area contributed by atoms with E-state index >= 15 is 0 Å². The first-order chi connectivity index (χ1) is 15.7. The van der Waals surface area contributed by atoms with Crippen LogP contribution in [0.15, 0.2) is 41.6 Å². The van der Waals surface area contributed by atoms with E-state index in [-0.39, 0.29) is 22.6 Å². The van der Waals surface area contributed by atoms with Crippen molar-refractivity contribution < 1.29 is 9.59 Å². The van der Waals surface area contributed by atoms with Gasteiger partial charge in [-0.15, -0.1) is 10.2 Å². The van der Waals surface area contributed by atoms with Gasteiger partial charge in [0.15, 0.2) is 11.0 Å². The normalized spacial score (nSPS) is 11.8. The van der Waals surface area contributed by atoms with E-state index in [4.69, 9.17) is 23.2 Å². The highest BCUT2D eigenvalue weighted by atomic mass is 35.5. The third-order valence-electron chi connectivity index (χ3n) is 5.10. The Balaban J connectivity index is 1.64. The van der Waals surface area contributed by atoms with Crippen LogP contribution >= 0.6 is 35.0 Å². The number of nitrogens with one attached hydrogen (secondary N) is 2. The van der Waals surface area contributed by atoms with Crippen molar-refractivity contribution in [2.24, 2.45) is 0 Å². The zero-order chi connectivity index (χ0) is 24.1. The lowest BCUT2D eigenvalue weighted by Gasteiger charge is -2.15. The van der Waals surface area contributed by atoms with Gasteiger partial charge in [0.1, 0.15) is 0 Å². The van der Waals surface area contributed by atoms with Gasteiger partial charge >= 0.3 is 0 Å². The van der Waals surface area contributed by atoms with Crippen molar-refractivity contribution in [1.82, 2.24) is 20.1 Å². The van der Waals surface area contributed by atoms with E-state index in [2.05, 4.69) is 20.8 Å². The Kier molecular flexibility index (Phi) is 8.40. The number of aromatic nitrogens is 3. The summed E-state index contributed by atoms with van der Waals surface area (Å²) in [6.07, 6.45) is 0. The summed E-state index contributed by atoms with van der Waals surface area (Å²) >= 11 is 13.3. The number of nitrogens with zero attached hydrogens (tertiary/aromatic N) is 3. The molecule has 0 saturated carbocycles. The van der Waals surface area contributed by atoms with E-state index in [1.807, 2.05) is 50.5 Å². The van der Waals surface area contributed by atoms with Gasteiger partial charge in [-0.3, -0.25) is 9.59 Å². The van der Waals surface area contributed by atoms with Crippen molar-refractivity contribution in [2.75, 3.05) is 11.1 Å². The predicted octanol–water partition coefficient (Wildman–Crippen LogP) is 5.44. The summed E-state index contributed by atoms with van der Waals surface area (Å²) in [5.41, 5.74) is 3.38. The molecular weight excluding hydrogens is 481 g/mol. The Bertz CT molecular complexity index is 1180. The standard InChI is InChI=1S/C23H25Cl2N5O2S/c1-5-30-21(15(4)26-22(32)18-9-7-16(24)11-19(18)25)28-29-23(30)33-12-20(31)27-17-8-6-13(2)14(3)10-17/h6-11,15H,5,12H2,1-4H3,(H,26,32)(H,27,31)/t15-/m0/s1. The van der Waals surface area contributed by atoms with Gasteiger partial charge in [-0.2, -0.15) is 0 Å². The highest BCUT2D eigenvalue weighted by Crippen LogP contribution is 2.24. The summed E-state index contributed by atoms with van der Waals surface area (Å²) in [6.45, 7) is 8.39. The van der Waals surface area contributed by atoms with E-state index in [9.17, 15) is 9.59 Å². The van der Waals surface area contributed by atoms with Gasteiger partial charge in [0.05, 0.1) is 22.4 Å². The number of anilines is 1. The molecule has 174 valence electrons. The molecule has 3 rings (SSSR count). The summed E-state index contributed by atoms with van der Waals surface area (Å²) in [6, 6.07) is 10.1. The Labute approximate surface area is 207 Å². The molecule has 0 spiro atoms. The van der Waals surface area contributed by atoms with Crippen molar-refractivity contribution in [3.05, 3.63) is 69.0 Å². The fourth-order valence-corrected chi connectivity index (χ4v) is 4.49. The van der Waals surface area contributed by atoms with Gasteiger partial charge in [0, 0.05) is 17.3 Å². The Morgan fingerprint density at radius 1 is 1.09 bits per heavy atom. The number of carbonyl (C=O) groups is 2. The molecule has 33 heavy (non-hydrogen) atoms. The Hall–Kier alpha value is -2.55. The maximum absolute atomic E-state index is 12.6. The number of hydrogen-bond acceptors (Lipinski definition) is 5. The SMILES string of the molecule is CCn1c(SCC(=O)Nc2ccc(C)c(C)c2)nnc1[C@H](C)NC(=O)c1ccc(Cl)cc1Cl. The number of thioether (sulfide) groups is 1. The van der Waals surface area contributed by atoms with E-state index in [0.717, 1.165) is 11.3 Å². The van der Waals surface area contributed by atoms with Crippen molar-refractivity contribution in [3.8, 4) is 0 Å². The van der Waals surface area contributed by atoms with Crippen LogP contribution in [0.2, 0.25) is 10.0 Å². The van der Waals surface area contributed by atoms with Crippen LogP contribution < -0.4 is 10.6 Å². The smallest absolute Gasteiger partial charge is 0.253 e. The molecule has 1 heterocycles. The lowest BCUT2D eigenvalue weighted by atomic mass is 10.1. The quantitative estimate of drug-likeness (QED) is 0.397. The summed E-state index contributed by atoms with van der Waals surface area (Å²) in [7, 11) is 0. The number of aryl methyl sites for hydroxylation is 2. The largest absolute Gasteiger partial charge is 0.342 e. The number of benzene rings is 2.